The lowest BCUT2D eigenvalue weighted by Crippen LogP contribution is -2.33. The highest BCUT2D eigenvalue weighted by Gasteiger charge is 2.46. The molecule has 0 amide bonds. The first-order valence-electron chi connectivity index (χ1n) is 8.26. The van der Waals surface area contributed by atoms with Gasteiger partial charge in [-0.25, -0.2) is 24.1 Å². The van der Waals surface area contributed by atoms with Crippen molar-refractivity contribution in [1.29, 1.82) is 0 Å². The van der Waals surface area contributed by atoms with Gasteiger partial charge in [0.1, 0.15) is 30.2 Å². The number of rotatable bonds is 9. The number of imidazole rings is 1. The zero-order valence-corrected chi connectivity index (χ0v) is 16.8. The molecular formula is C12H19N5O11P2. The van der Waals surface area contributed by atoms with Crippen molar-refractivity contribution in [2.75, 3.05) is 25.6 Å². The van der Waals surface area contributed by atoms with E-state index in [0.717, 1.165) is 0 Å². The van der Waals surface area contributed by atoms with E-state index in [4.69, 9.17) is 15.6 Å². The second-order valence-electron chi connectivity index (χ2n) is 6.00. The highest BCUT2D eigenvalue weighted by Crippen LogP contribution is 2.60. The molecule has 0 radical (unpaired) electrons. The third-order valence-corrected chi connectivity index (χ3v) is 6.59. The van der Waals surface area contributed by atoms with Crippen LogP contribution in [0, 0.1) is 0 Å². The minimum Gasteiger partial charge on any atom is -0.394 e. The molecule has 6 atom stereocenters. The Bertz CT molecular complexity index is 989. The minimum absolute atomic E-state index is 0.0851. The van der Waals surface area contributed by atoms with Crippen LogP contribution in [0.3, 0.4) is 0 Å². The SMILES string of the molecule is Nc1ncnc2c1ncn2[C@@H]1O[C@H](COP(=O)(O)OP(=O)(O)OCCO)[C@@H](O)[C@H]1O. The summed E-state index contributed by atoms with van der Waals surface area (Å²) in [6.45, 7) is -2.06. The Kier molecular flexibility index (Phi) is 6.86. The second-order valence-corrected chi connectivity index (χ2v) is 9.04. The second kappa shape index (κ2) is 8.90. The van der Waals surface area contributed by atoms with Crippen molar-refractivity contribution in [3.05, 3.63) is 12.7 Å². The molecule has 3 rings (SSSR count). The molecule has 30 heavy (non-hydrogen) atoms. The largest absolute Gasteiger partial charge is 0.481 e. The lowest BCUT2D eigenvalue weighted by molar-refractivity contribution is -0.0504. The number of phosphoric ester groups is 2. The van der Waals surface area contributed by atoms with Gasteiger partial charge in [0.05, 0.1) is 26.1 Å². The van der Waals surface area contributed by atoms with Gasteiger partial charge < -0.3 is 35.6 Å². The molecule has 0 bridgehead atoms. The van der Waals surface area contributed by atoms with Crippen LogP contribution in [-0.2, 0) is 27.2 Å². The van der Waals surface area contributed by atoms with Crippen LogP contribution in [0.2, 0.25) is 0 Å². The smallest absolute Gasteiger partial charge is 0.394 e. The molecule has 0 saturated carbocycles. The van der Waals surface area contributed by atoms with E-state index < -0.39 is 60.0 Å². The average Bonchev–Trinajstić information content (AvgIpc) is 3.21. The summed E-state index contributed by atoms with van der Waals surface area (Å²) in [5, 5.41) is 29.0. The fraction of sp³-hybridized carbons (Fsp3) is 0.583. The zero-order chi connectivity index (χ0) is 22.1. The summed E-state index contributed by atoms with van der Waals surface area (Å²) in [5.74, 6) is 0.0851. The van der Waals surface area contributed by atoms with Crippen molar-refractivity contribution >= 4 is 32.6 Å². The van der Waals surface area contributed by atoms with Gasteiger partial charge in [-0.2, -0.15) is 4.31 Å². The molecule has 1 aliphatic heterocycles. The van der Waals surface area contributed by atoms with Crippen molar-refractivity contribution in [1.82, 2.24) is 19.5 Å². The molecule has 0 aliphatic carbocycles. The van der Waals surface area contributed by atoms with Gasteiger partial charge in [-0.3, -0.25) is 13.6 Å². The molecule has 7 N–H and O–H groups in total. The number of aromatic nitrogens is 4. The van der Waals surface area contributed by atoms with Crippen LogP contribution in [-0.4, -0.2) is 82.8 Å². The third-order valence-electron chi connectivity index (χ3n) is 3.95. The molecule has 18 heteroatoms. The number of fused-ring (bicyclic) bond motifs is 1. The normalized spacial score (nSPS) is 28.4. The summed E-state index contributed by atoms with van der Waals surface area (Å²) in [4.78, 5) is 30.6. The molecule has 16 nitrogen and oxygen atoms in total. The molecule has 2 aromatic rings. The highest BCUT2D eigenvalue weighted by molar-refractivity contribution is 7.61. The maximum absolute atomic E-state index is 11.9. The summed E-state index contributed by atoms with van der Waals surface area (Å²) >= 11 is 0. The number of nitrogen functional groups attached to an aromatic ring is 1. The topological polar surface area (TPSA) is 242 Å². The Hall–Kier alpha value is -1.55. The van der Waals surface area contributed by atoms with E-state index in [-0.39, 0.29) is 17.0 Å². The van der Waals surface area contributed by atoms with E-state index in [1.807, 2.05) is 0 Å². The van der Waals surface area contributed by atoms with Gasteiger partial charge in [-0.05, 0) is 0 Å². The number of aliphatic hydroxyl groups is 3. The molecule has 168 valence electrons. The van der Waals surface area contributed by atoms with E-state index in [1.165, 1.54) is 17.2 Å². The Labute approximate surface area is 168 Å². The van der Waals surface area contributed by atoms with Crippen molar-refractivity contribution in [2.24, 2.45) is 0 Å². The first-order chi connectivity index (χ1) is 14.0. The summed E-state index contributed by atoms with van der Waals surface area (Å²) < 4.78 is 42.9. The zero-order valence-electron chi connectivity index (χ0n) is 15.0. The lowest BCUT2D eigenvalue weighted by Gasteiger charge is -2.19. The van der Waals surface area contributed by atoms with Crippen molar-refractivity contribution < 1.29 is 52.3 Å². The van der Waals surface area contributed by atoms with Gasteiger partial charge in [-0.1, -0.05) is 0 Å². The first-order valence-corrected chi connectivity index (χ1v) is 11.3. The molecule has 0 spiro atoms. The van der Waals surface area contributed by atoms with E-state index in [9.17, 15) is 29.1 Å². The quantitative estimate of drug-likeness (QED) is 0.223. The van der Waals surface area contributed by atoms with Gasteiger partial charge in [0.25, 0.3) is 0 Å². The lowest BCUT2D eigenvalue weighted by atomic mass is 10.1. The van der Waals surface area contributed by atoms with Gasteiger partial charge in [-0.15, -0.1) is 0 Å². The van der Waals surface area contributed by atoms with Crippen LogP contribution in [0.1, 0.15) is 6.23 Å². The van der Waals surface area contributed by atoms with Crippen molar-refractivity contribution in [3.63, 3.8) is 0 Å². The minimum atomic E-state index is -5.13. The standard InChI is InChI=1S/C12H19N5O11P2/c13-10-7-11(15-4-14-10)17(5-16-7)12-9(20)8(19)6(27-12)3-26-30(23,24)28-29(21,22)25-2-1-18/h4-6,8-9,12,18-20H,1-3H2,(H,21,22)(H,23,24)(H2,13,14,15)/t6-,8-,9-,12-/m1/s1. The molecular weight excluding hydrogens is 452 g/mol. The first kappa shape index (κ1) is 23.1. The van der Waals surface area contributed by atoms with Gasteiger partial charge >= 0.3 is 15.6 Å². The number of phosphoric acid groups is 2. The van der Waals surface area contributed by atoms with Crippen LogP contribution < -0.4 is 5.73 Å². The molecule has 1 fully saturated rings. The van der Waals surface area contributed by atoms with E-state index in [0.29, 0.717) is 0 Å². The van der Waals surface area contributed by atoms with Crippen LogP contribution in [0.5, 0.6) is 0 Å². The fourth-order valence-corrected chi connectivity index (χ4v) is 4.72. The number of anilines is 1. The van der Waals surface area contributed by atoms with Crippen LogP contribution in [0.15, 0.2) is 12.7 Å². The predicted molar refractivity (Wildman–Crippen MR) is 95.4 cm³/mol. The molecule has 2 unspecified atom stereocenters. The molecule has 2 aromatic heterocycles. The van der Waals surface area contributed by atoms with Gasteiger partial charge in [0.2, 0.25) is 0 Å². The number of nitrogens with two attached hydrogens (primary N) is 1. The number of hydrogen-bond donors (Lipinski definition) is 6. The van der Waals surface area contributed by atoms with Gasteiger partial charge in [0.15, 0.2) is 17.7 Å². The summed E-state index contributed by atoms with van der Waals surface area (Å²) in [6, 6.07) is 0. The summed E-state index contributed by atoms with van der Waals surface area (Å²) in [6.07, 6.45) is -3.20. The number of aliphatic hydroxyl groups excluding tert-OH is 3. The van der Waals surface area contributed by atoms with Crippen LogP contribution in [0.25, 0.3) is 11.2 Å². The molecule has 0 aromatic carbocycles. The molecule has 1 saturated heterocycles. The summed E-state index contributed by atoms with van der Waals surface area (Å²) in [5.41, 5.74) is 6.13. The van der Waals surface area contributed by atoms with Crippen LogP contribution in [0.4, 0.5) is 5.82 Å². The van der Waals surface area contributed by atoms with E-state index in [1.54, 1.807) is 0 Å². The van der Waals surface area contributed by atoms with E-state index >= 15 is 0 Å². The predicted octanol–water partition coefficient (Wildman–Crippen LogP) is -1.73. The molecule has 3 heterocycles. The maximum atomic E-state index is 11.9. The Morgan fingerprint density at radius 2 is 1.83 bits per heavy atom. The van der Waals surface area contributed by atoms with Crippen molar-refractivity contribution in [2.45, 2.75) is 24.5 Å². The Morgan fingerprint density at radius 3 is 2.53 bits per heavy atom. The summed E-state index contributed by atoms with van der Waals surface area (Å²) in [7, 11) is -10.1. The number of hydrogen-bond acceptors (Lipinski definition) is 13. The highest BCUT2D eigenvalue weighted by atomic mass is 31.3. The monoisotopic (exact) mass is 471 g/mol. The number of nitrogens with zero attached hydrogens (tertiary/aromatic N) is 4. The molecule has 1 aliphatic rings. The Morgan fingerprint density at radius 1 is 1.13 bits per heavy atom. The number of ether oxygens (including phenoxy) is 1. The fourth-order valence-electron chi connectivity index (χ4n) is 2.65. The average molecular weight is 471 g/mol. The van der Waals surface area contributed by atoms with E-state index in [2.05, 4.69) is 28.3 Å². The maximum Gasteiger partial charge on any atom is 0.481 e. The third kappa shape index (κ3) is 5.01. The van der Waals surface area contributed by atoms with Gasteiger partial charge in [0, 0.05) is 0 Å². The van der Waals surface area contributed by atoms with Crippen molar-refractivity contribution in [3.8, 4) is 0 Å². The Balaban J connectivity index is 1.67. The van der Waals surface area contributed by atoms with Crippen LogP contribution >= 0.6 is 15.6 Å².